The second-order valence-electron chi connectivity index (χ2n) is 5.01. The lowest BCUT2D eigenvalue weighted by Gasteiger charge is -2.18. The Labute approximate surface area is 148 Å². The van der Waals surface area contributed by atoms with E-state index < -0.39 is 54.8 Å². The van der Waals surface area contributed by atoms with Crippen molar-refractivity contribution in [3.63, 3.8) is 0 Å². The predicted molar refractivity (Wildman–Crippen MR) is 90.4 cm³/mol. The highest BCUT2D eigenvalue weighted by molar-refractivity contribution is 7.98. The fraction of sp³-hybridized carbons (Fsp3) is 0.615. The second kappa shape index (κ2) is 12.1. The predicted octanol–water partition coefficient (Wildman–Crippen LogP) is -3.26. The lowest BCUT2D eigenvalue weighted by Crippen LogP contribution is -2.52. The molecule has 4 amide bonds. The molecule has 0 heterocycles. The maximum Gasteiger partial charge on any atom is 0.322 e. The zero-order valence-corrected chi connectivity index (χ0v) is 14.6. The highest BCUT2D eigenvalue weighted by Gasteiger charge is 2.22. The van der Waals surface area contributed by atoms with Crippen LogP contribution in [0.1, 0.15) is 12.8 Å². The molecular weight excluding hydrogens is 354 g/mol. The minimum Gasteiger partial charge on any atom is -0.480 e. The van der Waals surface area contributed by atoms with Crippen LogP contribution in [0.25, 0.3) is 0 Å². The van der Waals surface area contributed by atoms with Gasteiger partial charge in [0.15, 0.2) is 0 Å². The van der Waals surface area contributed by atoms with E-state index in [9.17, 15) is 24.0 Å². The molecule has 2 atom stereocenters. The molecule has 0 aliphatic heterocycles. The molecule has 0 radical (unpaired) electrons. The molecule has 0 aromatic rings. The Morgan fingerprint density at radius 1 is 1.08 bits per heavy atom. The first-order valence-corrected chi connectivity index (χ1v) is 8.66. The van der Waals surface area contributed by atoms with Crippen LogP contribution in [-0.2, 0) is 24.0 Å². The van der Waals surface area contributed by atoms with Crippen molar-refractivity contribution in [2.75, 3.05) is 25.1 Å². The third-order valence-corrected chi connectivity index (χ3v) is 3.50. The summed E-state index contributed by atoms with van der Waals surface area (Å²) in [5, 5.41) is 15.4. The molecule has 0 saturated heterocycles. The van der Waals surface area contributed by atoms with E-state index in [1.807, 2.05) is 6.26 Å². The summed E-state index contributed by atoms with van der Waals surface area (Å²) in [6.07, 6.45) is 1.74. The normalized spacial score (nSPS) is 12.6. The third kappa shape index (κ3) is 10.9. The molecule has 0 fully saturated rings. The number of carboxylic acids is 1. The SMILES string of the molecule is CSCCC(NC(=O)CNC(=O)C(N)CC(N)=O)C(=O)NCC(=O)O. The Bertz CT molecular complexity index is 515. The van der Waals surface area contributed by atoms with Crippen LogP contribution in [0.4, 0.5) is 0 Å². The number of carbonyl (C=O) groups excluding carboxylic acids is 4. The van der Waals surface area contributed by atoms with Crippen LogP contribution >= 0.6 is 11.8 Å². The molecule has 0 bridgehead atoms. The molecule has 0 rings (SSSR count). The average molecular weight is 377 g/mol. The highest BCUT2D eigenvalue weighted by atomic mass is 32.2. The van der Waals surface area contributed by atoms with Crippen LogP contribution in [0.15, 0.2) is 0 Å². The van der Waals surface area contributed by atoms with Gasteiger partial charge in [-0.15, -0.1) is 0 Å². The molecule has 0 spiro atoms. The third-order valence-electron chi connectivity index (χ3n) is 2.86. The Kier molecular flexibility index (Phi) is 11.0. The first kappa shape index (κ1) is 22.7. The minimum atomic E-state index is -1.21. The number of hydrogen-bond acceptors (Lipinski definition) is 7. The lowest BCUT2D eigenvalue weighted by atomic mass is 10.2. The standard InChI is InChI=1S/C13H23N5O6S/c1-25-3-2-8(13(24)17-6-11(21)22)18-10(20)5-16-12(23)7(14)4-9(15)19/h7-8H,2-6,14H2,1H3,(H2,15,19)(H,16,23)(H,17,24)(H,18,20)(H,21,22). The maximum atomic E-state index is 11.9. The van der Waals surface area contributed by atoms with E-state index in [4.69, 9.17) is 16.6 Å². The van der Waals surface area contributed by atoms with E-state index in [2.05, 4.69) is 16.0 Å². The van der Waals surface area contributed by atoms with Gasteiger partial charge in [0.1, 0.15) is 12.6 Å². The molecule has 0 aromatic heterocycles. The van der Waals surface area contributed by atoms with Crippen LogP contribution in [0.5, 0.6) is 0 Å². The zero-order chi connectivity index (χ0) is 19.4. The van der Waals surface area contributed by atoms with E-state index >= 15 is 0 Å². The maximum absolute atomic E-state index is 11.9. The number of thioether (sulfide) groups is 1. The molecule has 8 N–H and O–H groups in total. The molecule has 0 aliphatic carbocycles. The van der Waals surface area contributed by atoms with Crippen molar-refractivity contribution in [3.05, 3.63) is 0 Å². The minimum absolute atomic E-state index is 0.285. The number of nitrogens with two attached hydrogens (primary N) is 2. The van der Waals surface area contributed by atoms with Gasteiger partial charge >= 0.3 is 5.97 Å². The summed E-state index contributed by atoms with van der Waals surface area (Å²) in [4.78, 5) is 56.5. The van der Waals surface area contributed by atoms with Crippen molar-refractivity contribution in [2.24, 2.45) is 11.5 Å². The van der Waals surface area contributed by atoms with Crippen LogP contribution in [0.3, 0.4) is 0 Å². The Balaban J connectivity index is 4.49. The first-order chi connectivity index (χ1) is 11.7. The van der Waals surface area contributed by atoms with Crippen LogP contribution in [-0.4, -0.2) is 71.9 Å². The molecule has 0 saturated carbocycles. The van der Waals surface area contributed by atoms with Gasteiger partial charge in [0.25, 0.3) is 0 Å². The average Bonchev–Trinajstić information content (AvgIpc) is 2.53. The van der Waals surface area contributed by atoms with E-state index in [0.717, 1.165) is 0 Å². The van der Waals surface area contributed by atoms with E-state index in [1.165, 1.54) is 11.8 Å². The van der Waals surface area contributed by atoms with Gasteiger partial charge in [-0.05, 0) is 18.4 Å². The van der Waals surface area contributed by atoms with Crippen LogP contribution in [0, 0.1) is 0 Å². The summed E-state index contributed by atoms with van der Waals surface area (Å²) in [6, 6.07) is -2.10. The smallest absolute Gasteiger partial charge is 0.322 e. The van der Waals surface area contributed by atoms with Gasteiger partial charge in [-0.3, -0.25) is 24.0 Å². The summed E-state index contributed by atoms with van der Waals surface area (Å²) < 4.78 is 0. The number of primary amides is 1. The van der Waals surface area contributed by atoms with Crippen LogP contribution < -0.4 is 27.4 Å². The van der Waals surface area contributed by atoms with E-state index in [1.54, 1.807) is 0 Å². The van der Waals surface area contributed by atoms with Crippen molar-refractivity contribution in [2.45, 2.75) is 24.9 Å². The topological polar surface area (TPSA) is 194 Å². The van der Waals surface area contributed by atoms with Crippen molar-refractivity contribution in [3.8, 4) is 0 Å². The molecular formula is C13H23N5O6S. The van der Waals surface area contributed by atoms with Gasteiger partial charge < -0.3 is 32.5 Å². The quantitative estimate of drug-likeness (QED) is 0.204. The molecule has 2 unspecified atom stereocenters. The van der Waals surface area contributed by atoms with Gasteiger partial charge in [-0.2, -0.15) is 11.8 Å². The number of carbonyl (C=O) groups is 5. The highest BCUT2D eigenvalue weighted by Crippen LogP contribution is 2.01. The van der Waals surface area contributed by atoms with Crippen molar-refractivity contribution < 1.29 is 29.1 Å². The monoisotopic (exact) mass is 377 g/mol. The summed E-state index contributed by atoms with van der Waals surface area (Å²) in [6.45, 7) is -1.02. The molecule has 11 nitrogen and oxygen atoms in total. The number of nitrogens with one attached hydrogen (secondary N) is 3. The summed E-state index contributed by atoms with van der Waals surface area (Å²) in [5.41, 5.74) is 10.3. The molecule has 0 aromatic carbocycles. The summed E-state index contributed by atoms with van der Waals surface area (Å²) in [7, 11) is 0. The number of aliphatic carboxylic acids is 1. The van der Waals surface area contributed by atoms with Crippen LogP contribution in [0.2, 0.25) is 0 Å². The first-order valence-electron chi connectivity index (χ1n) is 7.26. The fourth-order valence-corrected chi connectivity index (χ4v) is 2.12. The summed E-state index contributed by atoms with van der Waals surface area (Å²) in [5.74, 6) is -3.43. The molecule has 25 heavy (non-hydrogen) atoms. The van der Waals surface area contributed by atoms with Gasteiger partial charge in [-0.1, -0.05) is 0 Å². The lowest BCUT2D eigenvalue weighted by molar-refractivity contribution is -0.138. The Morgan fingerprint density at radius 3 is 2.20 bits per heavy atom. The molecule has 12 heteroatoms. The molecule has 142 valence electrons. The van der Waals surface area contributed by atoms with Crippen molar-refractivity contribution in [1.82, 2.24) is 16.0 Å². The van der Waals surface area contributed by atoms with Gasteiger partial charge in [0, 0.05) is 0 Å². The fourth-order valence-electron chi connectivity index (χ4n) is 1.64. The molecule has 0 aliphatic rings. The Morgan fingerprint density at radius 2 is 1.68 bits per heavy atom. The van der Waals surface area contributed by atoms with Crippen molar-refractivity contribution >= 4 is 41.4 Å². The summed E-state index contributed by atoms with van der Waals surface area (Å²) >= 11 is 1.45. The van der Waals surface area contributed by atoms with Crippen molar-refractivity contribution in [1.29, 1.82) is 0 Å². The van der Waals surface area contributed by atoms with Gasteiger partial charge in [0.2, 0.25) is 23.6 Å². The second-order valence-corrected chi connectivity index (χ2v) is 5.99. The van der Waals surface area contributed by atoms with Gasteiger partial charge in [0.05, 0.1) is 19.0 Å². The number of amides is 4. The van der Waals surface area contributed by atoms with E-state index in [-0.39, 0.29) is 12.8 Å². The van der Waals surface area contributed by atoms with E-state index in [0.29, 0.717) is 5.75 Å². The largest absolute Gasteiger partial charge is 0.480 e. The van der Waals surface area contributed by atoms with Gasteiger partial charge in [-0.25, -0.2) is 0 Å². The number of rotatable bonds is 12. The number of hydrogen-bond donors (Lipinski definition) is 6. The Hall–Kier alpha value is -2.34. The zero-order valence-electron chi connectivity index (χ0n) is 13.7. The number of carboxylic acid groups (broad SMARTS) is 1.